The number of benzene rings is 1. The van der Waals surface area contributed by atoms with Crippen LogP contribution < -0.4 is 5.73 Å². The molecule has 2 N–H and O–H groups in total. The molecule has 1 heterocycles. The van der Waals surface area contributed by atoms with Crippen molar-refractivity contribution in [1.82, 2.24) is 0 Å². The number of esters is 1. The molecule has 0 saturated carbocycles. The summed E-state index contributed by atoms with van der Waals surface area (Å²) in [6, 6.07) is 4.69. The number of nitrogen functional groups attached to an aromatic ring is 1. The number of hydrogen-bond acceptors (Lipinski definition) is 4. The normalized spacial score (nSPS) is 11.5. The zero-order chi connectivity index (χ0) is 16.5. The summed E-state index contributed by atoms with van der Waals surface area (Å²) in [5.74, 6) is -0.477. The van der Waals surface area contributed by atoms with E-state index in [1.54, 1.807) is 13.8 Å². The van der Waals surface area contributed by atoms with Crippen LogP contribution in [0.1, 0.15) is 27.7 Å². The molecule has 0 atom stereocenters. The second-order valence-corrected chi connectivity index (χ2v) is 5.64. The van der Waals surface area contributed by atoms with Gasteiger partial charge in [0.25, 0.3) is 0 Å². The molecular formula is C15H14F3NO2S. The average molecular weight is 329 g/mol. The van der Waals surface area contributed by atoms with Crippen molar-refractivity contribution < 1.29 is 22.7 Å². The predicted molar refractivity (Wildman–Crippen MR) is 79.9 cm³/mol. The first-order valence-corrected chi connectivity index (χ1v) is 7.31. The third-order valence-electron chi connectivity index (χ3n) is 3.14. The zero-order valence-corrected chi connectivity index (χ0v) is 12.8. The number of carbonyl (C=O) groups is 1. The van der Waals surface area contributed by atoms with E-state index in [1.807, 2.05) is 0 Å². The molecule has 0 aliphatic carbocycles. The minimum Gasteiger partial charge on any atom is -0.462 e. The summed E-state index contributed by atoms with van der Waals surface area (Å²) < 4.78 is 42.7. The van der Waals surface area contributed by atoms with Gasteiger partial charge < -0.3 is 10.5 Å². The Morgan fingerprint density at radius 2 is 1.86 bits per heavy atom. The van der Waals surface area contributed by atoms with Gasteiger partial charge >= 0.3 is 12.1 Å². The average Bonchev–Trinajstić information content (AvgIpc) is 2.73. The fourth-order valence-electron chi connectivity index (χ4n) is 2.11. The third-order valence-corrected chi connectivity index (χ3v) is 4.24. The van der Waals surface area contributed by atoms with Gasteiger partial charge in [-0.15, -0.1) is 11.3 Å². The van der Waals surface area contributed by atoms with Crippen LogP contribution in [-0.4, -0.2) is 12.6 Å². The van der Waals surface area contributed by atoms with Crippen molar-refractivity contribution >= 4 is 22.3 Å². The van der Waals surface area contributed by atoms with Gasteiger partial charge in [0.05, 0.1) is 17.2 Å². The Bertz CT molecular complexity index is 690. The van der Waals surface area contributed by atoms with Gasteiger partial charge in [0.2, 0.25) is 0 Å². The first-order valence-electron chi connectivity index (χ1n) is 6.49. The van der Waals surface area contributed by atoms with Crippen LogP contribution in [-0.2, 0) is 10.9 Å². The second kappa shape index (κ2) is 6.00. The first kappa shape index (κ1) is 16.4. The Morgan fingerprint density at radius 1 is 1.27 bits per heavy atom. The van der Waals surface area contributed by atoms with Crippen LogP contribution in [0.15, 0.2) is 24.3 Å². The lowest BCUT2D eigenvalue weighted by molar-refractivity contribution is -0.137. The van der Waals surface area contributed by atoms with Crippen LogP contribution >= 0.6 is 11.3 Å². The SMILES string of the molecule is CCOC(=O)c1sc(N)c(-c2ccc(C(F)(F)F)cc2)c1C. The maximum absolute atomic E-state index is 12.6. The topological polar surface area (TPSA) is 52.3 Å². The number of nitrogens with two attached hydrogens (primary N) is 1. The molecule has 0 aliphatic heterocycles. The summed E-state index contributed by atoms with van der Waals surface area (Å²) >= 11 is 1.07. The fraction of sp³-hybridized carbons (Fsp3) is 0.267. The Hall–Kier alpha value is -2.02. The summed E-state index contributed by atoms with van der Waals surface area (Å²) in [5.41, 5.74) is 6.91. The summed E-state index contributed by atoms with van der Waals surface area (Å²) in [7, 11) is 0. The number of halogens is 3. The monoisotopic (exact) mass is 329 g/mol. The Morgan fingerprint density at radius 3 is 2.36 bits per heavy atom. The van der Waals surface area contributed by atoms with Gasteiger partial charge in [0.15, 0.2) is 0 Å². The van der Waals surface area contributed by atoms with Crippen molar-refractivity contribution in [3.63, 3.8) is 0 Å². The number of carbonyl (C=O) groups excluding carboxylic acids is 1. The molecule has 0 spiro atoms. The van der Waals surface area contributed by atoms with Gasteiger partial charge in [-0.3, -0.25) is 0 Å². The van der Waals surface area contributed by atoms with Crippen molar-refractivity contribution in [2.75, 3.05) is 12.3 Å². The molecule has 0 radical (unpaired) electrons. The van der Waals surface area contributed by atoms with Gasteiger partial charge in [-0.05, 0) is 37.1 Å². The van der Waals surface area contributed by atoms with Crippen molar-refractivity contribution in [2.24, 2.45) is 0 Å². The highest BCUT2D eigenvalue weighted by molar-refractivity contribution is 7.18. The third kappa shape index (κ3) is 3.09. The molecule has 0 amide bonds. The lowest BCUT2D eigenvalue weighted by Gasteiger charge is -2.08. The van der Waals surface area contributed by atoms with Gasteiger partial charge in [-0.2, -0.15) is 13.2 Å². The minimum atomic E-state index is -4.39. The molecule has 22 heavy (non-hydrogen) atoms. The van der Waals surface area contributed by atoms with E-state index < -0.39 is 17.7 Å². The first-order chi connectivity index (χ1) is 10.3. The van der Waals surface area contributed by atoms with Gasteiger partial charge in [-0.25, -0.2) is 4.79 Å². The molecule has 118 valence electrons. The molecule has 0 bridgehead atoms. The van der Waals surface area contributed by atoms with E-state index in [1.165, 1.54) is 12.1 Å². The quantitative estimate of drug-likeness (QED) is 0.844. The molecule has 0 unspecified atom stereocenters. The molecule has 0 fully saturated rings. The highest BCUT2D eigenvalue weighted by atomic mass is 32.1. The predicted octanol–water partition coefficient (Wildman–Crippen LogP) is 4.50. The van der Waals surface area contributed by atoms with E-state index in [4.69, 9.17) is 10.5 Å². The number of alkyl halides is 3. The van der Waals surface area contributed by atoms with Gasteiger partial charge in [0, 0.05) is 5.56 Å². The van der Waals surface area contributed by atoms with Crippen LogP contribution in [0.25, 0.3) is 11.1 Å². The Kier molecular flexibility index (Phi) is 4.46. The molecule has 3 nitrogen and oxygen atoms in total. The summed E-state index contributed by atoms with van der Waals surface area (Å²) in [6.45, 7) is 3.64. The van der Waals surface area contributed by atoms with E-state index in [2.05, 4.69) is 0 Å². The zero-order valence-electron chi connectivity index (χ0n) is 12.0. The molecule has 1 aromatic heterocycles. The molecule has 2 rings (SSSR count). The highest BCUT2D eigenvalue weighted by Crippen LogP contribution is 2.40. The Balaban J connectivity index is 2.43. The molecule has 7 heteroatoms. The molecule has 1 aromatic carbocycles. The number of ether oxygens (including phenoxy) is 1. The number of hydrogen-bond donors (Lipinski definition) is 1. The summed E-state index contributed by atoms with van der Waals surface area (Å²) in [4.78, 5) is 12.2. The van der Waals surface area contributed by atoms with Crippen molar-refractivity contribution in [1.29, 1.82) is 0 Å². The number of anilines is 1. The summed E-state index contributed by atoms with van der Waals surface area (Å²) in [6.07, 6.45) is -4.39. The fourth-order valence-corrected chi connectivity index (χ4v) is 3.10. The summed E-state index contributed by atoms with van der Waals surface area (Å²) in [5, 5.41) is 0.375. The Labute approximate surface area is 129 Å². The van der Waals surface area contributed by atoms with Crippen molar-refractivity contribution in [2.45, 2.75) is 20.0 Å². The lowest BCUT2D eigenvalue weighted by atomic mass is 10.0. The van der Waals surface area contributed by atoms with Gasteiger partial charge in [-0.1, -0.05) is 12.1 Å². The minimum absolute atomic E-state index is 0.242. The van der Waals surface area contributed by atoms with E-state index in [-0.39, 0.29) is 6.61 Å². The molecular weight excluding hydrogens is 315 g/mol. The molecule has 0 aliphatic rings. The standard InChI is InChI=1S/C15H14F3NO2S/c1-3-21-14(20)12-8(2)11(13(19)22-12)9-4-6-10(7-5-9)15(16,17)18/h4-7H,3,19H2,1-2H3. The van der Waals surface area contributed by atoms with Crippen LogP contribution in [0.4, 0.5) is 18.2 Å². The molecule has 0 saturated heterocycles. The van der Waals surface area contributed by atoms with Crippen LogP contribution in [0, 0.1) is 6.92 Å². The largest absolute Gasteiger partial charge is 0.462 e. The van der Waals surface area contributed by atoms with E-state index in [0.717, 1.165) is 23.5 Å². The van der Waals surface area contributed by atoms with Crippen molar-refractivity contribution in [3.05, 3.63) is 40.3 Å². The van der Waals surface area contributed by atoms with E-state index in [0.29, 0.717) is 26.6 Å². The van der Waals surface area contributed by atoms with Crippen LogP contribution in [0.3, 0.4) is 0 Å². The lowest BCUT2D eigenvalue weighted by Crippen LogP contribution is -2.04. The number of rotatable bonds is 3. The number of thiophene rings is 1. The van der Waals surface area contributed by atoms with Crippen LogP contribution in [0.2, 0.25) is 0 Å². The van der Waals surface area contributed by atoms with Crippen LogP contribution in [0.5, 0.6) is 0 Å². The van der Waals surface area contributed by atoms with Gasteiger partial charge in [0.1, 0.15) is 4.88 Å². The van der Waals surface area contributed by atoms with Crippen molar-refractivity contribution in [3.8, 4) is 11.1 Å². The highest BCUT2D eigenvalue weighted by Gasteiger charge is 2.30. The smallest absolute Gasteiger partial charge is 0.416 e. The molecule has 2 aromatic rings. The van der Waals surface area contributed by atoms with E-state index >= 15 is 0 Å². The maximum Gasteiger partial charge on any atom is 0.416 e. The van der Waals surface area contributed by atoms with E-state index in [9.17, 15) is 18.0 Å². The second-order valence-electron chi connectivity index (χ2n) is 4.59. The maximum atomic E-state index is 12.6.